The number of nitrogens with zero attached hydrogens (tertiary/aromatic N) is 2. The van der Waals surface area contributed by atoms with Crippen LogP contribution in [0.15, 0.2) is 66.1 Å². The molecule has 0 spiro atoms. The normalized spacial score (nSPS) is 11.0. The maximum Gasteiger partial charge on any atom is 0.293 e. The van der Waals surface area contributed by atoms with E-state index in [-0.39, 0.29) is 12.3 Å². The van der Waals surface area contributed by atoms with Gasteiger partial charge in [0, 0.05) is 6.07 Å². The standard InChI is InChI=1S/C16H16N2O5S/c1-3-11-23-18(14-8-6-7-13(2)12-14)24(21,22)16-10-5-4-9-15(16)17(19)20/h3-10,12H,1,11H2,2H3. The van der Waals surface area contributed by atoms with Gasteiger partial charge in [-0.3, -0.25) is 15.0 Å². The monoisotopic (exact) mass is 348 g/mol. The number of nitro groups is 1. The van der Waals surface area contributed by atoms with Gasteiger partial charge in [0.2, 0.25) is 0 Å². The first-order chi connectivity index (χ1) is 11.4. The Morgan fingerprint density at radius 3 is 2.58 bits per heavy atom. The van der Waals surface area contributed by atoms with E-state index in [1.165, 1.54) is 24.3 Å². The summed E-state index contributed by atoms with van der Waals surface area (Å²) in [7, 11) is -4.30. The van der Waals surface area contributed by atoms with Gasteiger partial charge in [0.15, 0.2) is 4.90 Å². The second-order valence-electron chi connectivity index (χ2n) is 4.88. The summed E-state index contributed by atoms with van der Waals surface area (Å²) in [5, 5.41) is 11.2. The van der Waals surface area contributed by atoms with Crippen LogP contribution in [0.1, 0.15) is 5.56 Å². The Morgan fingerprint density at radius 1 is 1.25 bits per heavy atom. The van der Waals surface area contributed by atoms with Crippen molar-refractivity contribution in [1.82, 2.24) is 0 Å². The van der Waals surface area contributed by atoms with E-state index in [4.69, 9.17) is 4.84 Å². The summed E-state index contributed by atoms with van der Waals surface area (Å²) in [6.45, 7) is 5.21. The third kappa shape index (κ3) is 3.61. The molecule has 0 bridgehead atoms. The number of sulfonamides is 1. The molecule has 2 aromatic rings. The number of aryl methyl sites for hydroxylation is 1. The highest BCUT2D eigenvalue weighted by Gasteiger charge is 2.32. The van der Waals surface area contributed by atoms with Crippen LogP contribution in [0.4, 0.5) is 11.4 Å². The Morgan fingerprint density at radius 2 is 1.96 bits per heavy atom. The molecule has 0 amide bonds. The average molecular weight is 348 g/mol. The SMILES string of the molecule is C=CCON(c1cccc(C)c1)S(=O)(=O)c1ccccc1[N+](=O)[O-]. The van der Waals surface area contributed by atoms with Crippen LogP contribution in [-0.4, -0.2) is 19.9 Å². The molecule has 0 radical (unpaired) electrons. The van der Waals surface area contributed by atoms with Gasteiger partial charge in [-0.2, -0.15) is 8.42 Å². The smallest absolute Gasteiger partial charge is 0.258 e. The molecule has 0 aliphatic carbocycles. The molecule has 8 heteroatoms. The third-order valence-electron chi connectivity index (χ3n) is 3.08. The lowest BCUT2D eigenvalue weighted by Gasteiger charge is -2.23. The molecule has 0 fully saturated rings. The number of rotatable bonds is 7. The van der Waals surface area contributed by atoms with Crippen molar-refractivity contribution in [1.29, 1.82) is 0 Å². The zero-order valence-corrected chi connectivity index (χ0v) is 13.8. The molecule has 126 valence electrons. The van der Waals surface area contributed by atoms with Crippen LogP contribution in [0.3, 0.4) is 0 Å². The fourth-order valence-electron chi connectivity index (χ4n) is 2.06. The summed E-state index contributed by atoms with van der Waals surface area (Å²) in [5.74, 6) is 0. The largest absolute Gasteiger partial charge is 0.293 e. The second kappa shape index (κ2) is 7.24. The molecule has 0 saturated carbocycles. The van der Waals surface area contributed by atoms with E-state index >= 15 is 0 Å². The summed E-state index contributed by atoms with van der Waals surface area (Å²) in [6, 6.07) is 11.7. The first kappa shape index (κ1) is 17.6. The number of anilines is 1. The summed E-state index contributed by atoms with van der Waals surface area (Å²) >= 11 is 0. The number of nitro benzene ring substituents is 1. The average Bonchev–Trinajstić information content (AvgIpc) is 2.55. The summed E-state index contributed by atoms with van der Waals surface area (Å²) in [4.78, 5) is 15.3. The minimum Gasteiger partial charge on any atom is -0.258 e. The first-order valence-electron chi connectivity index (χ1n) is 6.97. The van der Waals surface area contributed by atoms with Crippen LogP contribution in [0.5, 0.6) is 0 Å². The third-order valence-corrected chi connectivity index (χ3v) is 4.73. The fourth-order valence-corrected chi connectivity index (χ4v) is 3.49. The van der Waals surface area contributed by atoms with E-state index < -0.39 is 25.5 Å². The Kier molecular flexibility index (Phi) is 5.32. The first-order valence-corrected chi connectivity index (χ1v) is 8.41. The van der Waals surface area contributed by atoms with E-state index in [1.807, 2.05) is 0 Å². The molecule has 0 unspecified atom stereocenters. The van der Waals surface area contributed by atoms with Gasteiger partial charge in [0.25, 0.3) is 15.7 Å². The van der Waals surface area contributed by atoms with Gasteiger partial charge in [-0.15, -0.1) is 11.0 Å². The Balaban J connectivity index is 2.60. The van der Waals surface area contributed by atoms with E-state index in [1.54, 1.807) is 31.2 Å². The van der Waals surface area contributed by atoms with Crippen LogP contribution in [0.2, 0.25) is 0 Å². The maximum absolute atomic E-state index is 12.9. The van der Waals surface area contributed by atoms with Crippen LogP contribution in [-0.2, 0) is 14.9 Å². The van der Waals surface area contributed by atoms with Crippen molar-refractivity contribution in [2.24, 2.45) is 0 Å². The Labute approximate surface area is 139 Å². The molecule has 0 heterocycles. The minimum atomic E-state index is -4.30. The summed E-state index contributed by atoms with van der Waals surface area (Å²) in [5.41, 5.74) is 0.546. The predicted molar refractivity (Wildman–Crippen MR) is 90.1 cm³/mol. The fraction of sp³-hybridized carbons (Fsp3) is 0.125. The van der Waals surface area contributed by atoms with Gasteiger partial charge in [-0.05, 0) is 30.7 Å². The van der Waals surface area contributed by atoms with Gasteiger partial charge >= 0.3 is 0 Å². The molecular weight excluding hydrogens is 332 g/mol. The number of hydrogen-bond donors (Lipinski definition) is 0. The van der Waals surface area contributed by atoms with Crippen LogP contribution < -0.4 is 4.47 Å². The zero-order valence-electron chi connectivity index (χ0n) is 13.0. The molecule has 0 N–H and O–H groups in total. The Hall–Kier alpha value is -2.71. The van der Waals surface area contributed by atoms with Gasteiger partial charge in [-0.25, -0.2) is 0 Å². The lowest BCUT2D eigenvalue weighted by atomic mass is 10.2. The van der Waals surface area contributed by atoms with Crippen molar-refractivity contribution < 1.29 is 18.2 Å². The quantitative estimate of drug-likeness (QED) is 0.435. The molecule has 0 aliphatic rings. The highest BCUT2D eigenvalue weighted by Crippen LogP contribution is 2.30. The van der Waals surface area contributed by atoms with E-state index in [2.05, 4.69) is 6.58 Å². The van der Waals surface area contributed by atoms with Gasteiger partial charge in [0.1, 0.15) is 0 Å². The van der Waals surface area contributed by atoms with Crippen LogP contribution in [0, 0.1) is 17.0 Å². The van der Waals surface area contributed by atoms with Gasteiger partial charge in [0.05, 0.1) is 17.2 Å². The van der Waals surface area contributed by atoms with Crippen LogP contribution in [0.25, 0.3) is 0 Å². The van der Waals surface area contributed by atoms with Crippen molar-refractivity contribution in [3.05, 3.63) is 76.9 Å². The summed E-state index contributed by atoms with van der Waals surface area (Å²) < 4.78 is 26.6. The maximum atomic E-state index is 12.9. The molecule has 7 nitrogen and oxygen atoms in total. The van der Waals surface area contributed by atoms with E-state index in [0.717, 1.165) is 11.6 Å². The topological polar surface area (TPSA) is 89.8 Å². The Bertz CT molecular complexity index is 864. The molecule has 0 saturated heterocycles. The second-order valence-corrected chi connectivity index (χ2v) is 6.60. The van der Waals surface area contributed by atoms with E-state index in [0.29, 0.717) is 4.47 Å². The molecule has 0 aromatic heterocycles. The molecule has 2 rings (SSSR count). The zero-order chi connectivity index (χ0) is 17.7. The van der Waals surface area contributed by atoms with E-state index in [9.17, 15) is 18.5 Å². The minimum absolute atomic E-state index is 0.0756. The summed E-state index contributed by atoms with van der Waals surface area (Å²) in [6.07, 6.45) is 1.39. The predicted octanol–water partition coefficient (Wildman–Crippen LogP) is 3.22. The van der Waals surface area contributed by atoms with Crippen molar-refractivity contribution >= 4 is 21.4 Å². The number of hydrogen-bond acceptors (Lipinski definition) is 5. The van der Waals surface area contributed by atoms with Crippen molar-refractivity contribution in [2.75, 3.05) is 11.1 Å². The molecule has 2 aromatic carbocycles. The lowest BCUT2D eigenvalue weighted by molar-refractivity contribution is -0.387. The molecule has 0 aliphatic heterocycles. The molecule has 24 heavy (non-hydrogen) atoms. The number of benzene rings is 2. The van der Waals surface area contributed by atoms with Crippen LogP contribution >= 0.6 is 0 Å². The highest BCUT2D eigenvalue weighted by molar-refractivity contribution is 7.92. The van der Waals surface area contributed by atoms with Gasteiger partial charge in [-0.1, -0.05) is 30.3 Å². The van der Waals surface area contributed by atoms with Crippen molar-refractivity contribution in [3.8, 4) is 0 Å². The molecular formula is C16H16N2O5S. The van der Waals surface area contributed by atoms with Crippen molar-refractivity contribution in [3.63, 3.8) is 0 Å². The number of para-hydroxylation sites is 1. The lowest BCUT2D eigenvalue weighted by Crippen LogP contribution is -2.32. The highest BCUT2D eigenvalue weighted by atomic mass is 32.2. The van der Waals surface area contributed by atoms with Gasteiger partial charge < -0.3 is 0 Å². The molecule has 0 atom stereocenters. The van der Waals surface area contributed by atoms with Crippen molar-refractivity contribution in [2.45, 2.75) is 11.8 Å².